The quantitative estimate of drug-likeness (QED) is 0.750. The summed E-state index contributed by atoms with van der Waals surface area (Å²) in [5.41, 5.74) is 2.44. The first kappa shape index (κ1) is 10.9. The van der Waals surface area contributed by atoms with E-state index in [1.54, 1.807) is 6.20 Å². The van der Waals surface area contributed by atoms with Crippen molar-refractivity contribution in [3.05, 3.63) is 47.7 Å². The van der Waals surface area contributed by atoms with Crippen molar-refractivity contribution >= 4 is 6.41 Å². The number of carbonyl (C=O) groups is 1. The predicted octanol–water partition coefficient (Wildman–Crippen LogP) is 1.34. The first-order valence-corrected chi connectivity index (χ1v) is 5.45. The minimum absolute atomic E-state index is 0.0163. The van der Waals surface area contributed by atoms with Crippen molar-refractivity contribution in [2.75, 3.05) is 0 Å². The van der Waals surface area contributed by atoms with E-state index in [2.05, 4.69) is 11.4 Å². The van der Waals surface area contributed by atoms with Gasteiger partial charge >= 0.3 is 0 Å². The fourth-order valence-electron chi connectivity index (χ4n) is 2.21. The van der Waals surface area contributed by atoms with Crippen LogP contribution in [0.4, 0.5) is 0 Å². The second-order valence-electron chi connectivity index (χ2n) is 3.97. The molecule has 1 aromatic rings. The van der Waals surface area contributed by atoms with Crippen LogP contribution in [0.3, 0.4) is 0 Å². The van der Waals surface area contributed by atoms with Gasteiger partial charge in [0, 0.05) is 12.1 Å². The molecule has 0 heterocycles. The number of aryl methyl sites for hydroxylation is 1. The number of aliphatic hydroxyl groups is 1. The SMILES string of the molecule is O=CNC=CC1c2ccccc2CCC1O. The fourth-order valence-corrected chi connectivity index (χ4v) is 2.21. The molecule has 1 aromatic carbocycles. The van der Waals surface area contributed by atoms with E-state index in [-0.39, 0.29) is 12.0 Å². The molecule has 3 heteroatoms. The number of fused-ring (bicyclic) bond motifs is 1. The molecule has 0 radical (unpaired) electrons. The lowest BCUT2D eigenvalue weighted by Crippen LogP contribution is -2.24. The topological polar surface area (TPSA) is 49.3 Å². The summed E-state index contributed by atoms with van der Waals surface area (Å²) in [6.07, 6.45) is 5.38. The van der Waals surface area contributed by atoms with Gasteiger partial charge in [0.25, 0.3) is 0 Å². The Hall–Kier alpha value is -1.61. The zero-order valence-corrected chi connectivity index (χ0v) is 8.97. The van der Waals surface area contributed by atoms with Crippen LogP contribution in [-0.4, -0.2) is 17.6 Å². The van der Waals surface area contributed by atoms with E-state index in [4.69, 9.17) is 0 Å². The Morgan fingerprint density at radius 3 is 3.00 bits per heavy atom. The normalized spacial score (nSPS) is 24.1. The second-order valence-corrected chi connectivity index (χ2v) is 3.97. The van der Waals surface area contributed by atoms with Crippen LogP contribution in [-0.2, 0) is 11.2 Å². The number of hydrogen-bond donors (Lipinski definition) is 2. The first-order valence-electron chi connectivity index (χ1n) is 5.45. The molecule has 1 amide bonds. The summed E-state index contributed by atoms with van der Waals surface area (Å²) in [5.74, 6) is -0.0163. The van der Waals surface area contributed by atoms with E-state index in [9.17, 15) is 9.90 Å². The molecule has 0 aromatic heterocycles. The van der Waals surface area contributed by atoms with Gasteiger partial charge in [-0.2, -0.15) is 0 Å². The molecule has 0 bridgehead atoms. The lowest BCUT2D eigenvalue weighted by Gasteiger charge is -2.28. The molecule has 16 heavy (non-hydrogen) atoms. The third kappa shape index (κ3) is 2.14. The Kier molecular flexibility index (Phi) is 3.37. The zero-order chi connectivity index (χ0) is 11.4. The summed E-state index contributed by atoms with van der Waals surface area (Å²) in [4.78, 5) is 10.1. The smallest absolute Gasteiger partial charge is 0.211 e. The number of amides is 1. The Morgan fingerprint density at radius 1 is 1.38 bits per heavy atom. The highest BCUT2D eigenvalue weighted by molar-refractivity contribution is 5.48. The Bertz CT molecular complexity index is 401. The standard InChI is InChI=1S/C13H15NO2/c15-9-14-8-7-12-11-4-2-1-3-10(11)5-6-13(12)16/h1-4,7-9,12-13,16H,5-6H2,(H,14,15). The maximum absolute atomic E-state index is 10.1. The number of carbonyl (C=O) groups excluding carboxylic acids is 1. The van der Waals surface area contributed by atoms with E-state index >= 15 is 0 Å². The van der Waals surface area contributed by atoms with Crippen LogP contribution in [0.1, 0.15) is 23.5 Å². The summed E-state index contributed by atoms with van der Waals surface area (Å²) in [6, 6.07) is 8.12. The van der Waals surface area contributed by atoms with Crippen LogP contribution in [0.5, 0.6) is 0 Å². The summed E-state index contributed by atoms with van der Waals surface area (Å²) in [5, 5.41) is 12.4. The van der Waals surface area contributed by atoms with Gasteiger partial charge < -0.3 is 10.4 Å². The Labute approximate surface area is 94.8 Å². The lowest BCUT2D eigenvalue weighted by molar-refractivity contribution is -0.108. The van der Waals surface area contributed by atoms with Gasteiger partial charge in [-0.1, -0.05) is 30.3 Å². The number of rotatable bonds is 3. The molecule has 2 unspecified atom stereocenters. The van der Waals surface area contributed by atoms with Gasteiger partial charge in [0.15, 0.2) is 0 Å². The molecule has 1 aliphatic carbocycles. The van der Waals surface area contributed by atoms with Crippen LogP contribution in [0.25, 0.3) is 0 Å². The average Bonchev–Trinajstić information content (AvgIpc) is 2.32. The summed E-state index contributed by atoms with van der Waals surface area (Å²) >= 11 is 0. The highest BCUT2D eigenvalue weighted by Crippen LogP contribution is 2.32. The van der Waals surface area contributed by atoms with Gasteiger partial charge in [-0.05, 0) is 24.0 Å². The molecule has 2 N–H and O–H groups in total. The van der Waals surface area contributed by atoms with Crippen LogP contribution < -0.4 is 5.32 Å². The number of aliphatic hydroxyl groups excluding tert-OH is 1. The Morgan fingerprint density at radius 2 is 2.19 bits per heavy atom. The van der Waals surface area contributed by atoms with Crippen molar-refractivity contribution in [2.24, 2.45) is 0 Å². The van der Waals surface area contributed by atoms with Crippen LogP contribution >= 0.6 is 0 Å². The molecule has 84 valence electrons. The van der Waals surface area contributed by atoms with Gasteiger partial charge in [0.05, 0.1) is 6.10 Å². The first-order chi connectivity index (χ1) is 7.83. The number of nitrogens with one attached hydrogen (secondary N) is 1. The molecule has 0 saturated carbocycles. The minimum Gasteiger partial charge on any atom is -0.392 e. The molecular formula is C13H15NO2. The van der Waals surface area contributed by atoms with Gasteiger partial charge in [-0.25, -0.2) is 0 Å². The van der Waals surface area contributed by atoms with E-state index in [1.165, 1.54) is 5.56 Å². The maximum Gasteiger partial charge on any atom is 0.211 e. The van der Waals surface area contributed by atoms with Gasteiger partial charge in [-0.15, -0.1) is 0 Å². The summed E-state index contributed by atoms with van der Waals surface area (Å²) in [7, 11) is 0. The van der Waals surface area contributed by atoms with Crippen molar-refractivity contribution in [2.45, 2.75) is 24.9 Å². The van der Waals surface area contributed by atoms with Crippen molar-refractivity contribution in [3.8, 4) is 0 Å². The van der Waals surface area contributed by atoms with Gasteiger partial charge in [0.1, 0.15) is 0 Å². The predicted molar refractivity (Wildman–Crippen MR) is 61.9 cm³/mol. The highest BCUT2D eigenvalue weighted by atomic mass is 16.3. The van der Waals surface area contributed by atoms with Crippen LogP contribution in [0, 0.1) is 0 Å². The highest BCUT2D eigenvalue weighted by Gasteiger charge is 2.25. The molecule has 3 nitrogen and oxygen atoms in total. The minimum atomic E-state index is -0.361. The molecule has 0 spiro atoms. The molecule has 2 atom stereocenters. The third-order valence-electron chi connectivity index (χ3n) is 3.01. The van der Waals surface area contributed by atoms with Crippen LogP contribution in [0.15, 0.2) is 36.5 Å². The van der Waals surface area contributed by atoms with Crippen molar-refractivity contribution < 1.29 is 9.90 Å². The lowest BCUT2D eigenvalue weighted by atomic mass is 9.81. The molecule has 0 fully saturated rings. The Balaban J connectivity index is 2.26. The van der Waals surface area contributed by atoms with Gasteiger partial charge in [0.2, 0.25) is 6.41 Å². The number of benzene rings is 1. The maximum atomic E-state index is 10.1. The second kappa shape index (κ2) is 4.94. The van der Waals surface area contributed by atoms with Crippen molar-refractivity contribution in [1.82, 2.24) is 5.32 Å². The van der Waals surface area contributed by atoms with Crippen molar-refractivity contribution in [3.63, 3.8) is 0 Å². The van der Waals surface area contributed by atoms with E-state index < -0.39 is 0 Å². The monoisotopic (exact) mass is 217 g/mol. The molecule has 2 rings (SSSR count). The molecule has 1 aliphatic rings. The number of hydrogen-bond acceptors (Lipinski definition) is 2. The van der Waals surface area contributed by atoms with E-state index in [0.29, 0.717) is 6.41 Å². The third-order valence-corrected chi connectivity index (χ3v) is 3.01. The average molecular weight is 217 g/mol. The van der Waals surface area contributed by atoms with Gasteiger partial charge in [-0.3, -0.25) is 4.79 Å². The fraction of sp³-hybridized carbons (Fsp3) is 0.308. The largest absolute Gasteiger partial charge is 0.392 e. The van der Waals surface area contributed by atoms with E-state index in [1.807, 2.05) is 24.3 Å². The van der Waals surface area contributed by atoms with E-state index in [0.717, 1.165) is 18.4 Å². The molecule has 0 aliphatic heterocycles. The van der Waals surface area contributed by atoms with Crippen molar-refractivity contribution in [1.29, 1.82) is 0 Å². The molecular weight excluding hydrogens is 202 g/mol. The zero-order valence-electron chi connectivity index (χ0n) is 8.97. The summed E-state index contributed by atoms with van der Waals surface area (Å²) in [6.45, 7) is 0. The summed E-state index contributed by atoms with van der Waals surface area (Å²) < 4.78 is 0. The molecule has 0 saturated heterocycles. The van der Waals surface area contributed by atoms with Crippen LogP contribution in [0.2, 0.25) is 0 Å².